The Balaban J connectivity index is 1.57. The smallest absolute Gasteiger partial charge is 0.159 e. The van der Waals surface area contributed by atoms with E-state index in [4.69, 9.17) is 11.5 Å². The molecule has 3 aliphatic rings. The Kier molecular flexibility index (Phi) is 5.71. The monoisotopic (exact) mass is 403 g/mol. The van der Waals surface area contributed by atoms with Crippen molar-refractivity contribution < 1.29 is 4.79 Å². The number of rotatable bonds is 6. The number of carbonyl (C=O) groups excluding carboxylic acids is 1. The summed E-state index contributed by atoms with van der Waals surface area (Å²) < 4.78 is 0. The van der Waals surface area contributed by atoms with Crippen LogP contribution in [0.2, 0.25) is 0 Å². The van der Waals surface area contributed by atoms with Crippen molar-refractivity contribution in [1.82, 2.24) is 15.0 Å². The summed E-state index contributed by atoms with van der Waals surface area (Å²) in [6.45, 7) is 6.85. The summed E-state index contributed by atoms with van der Waals surface area (Å²) in [5.41, 5.74) is 14.3. The summed E-state index contributed by atoms with van der Waals surface area (Å²) in [5, 5.41) is 7.35. The first kappa shape index (κ1) is 21.1. The van der Waals surface area contributed by atoms with Crippen molar-refractivity contribution in [3.63, 3.8) is 0 Å². The van der Waals surface area contributed by atoms with E-state index in [1.165, 1.54) is 12.8 Å². The Morgan fingerprint density at radius 1 is 1.21 bits per heavy atom. The zero-order valence-electron chi connectivity index (χ0n) is 18.6. The maximum Gasteiger partial charge on any atom is 0.159 e. The molecule has 0 bridgehead atoms. The predicted octanol–water partition coefficient (Wildman–Crippen LogP) is 3.55. The van der Waals surface area contributed by atoms with Crippen LogP contribution in [0.5, 0.6) is 0 Å². The average Bonchev–Trinajstić information content (AvgIpc) is 3.05. The number of fused-ring (bicyclic) bond motifs is 3. The molecule has 3 saturated carbocycles. The van der Waals surface area contributed by atoms with Crippen LogP contribution in [0.25, 0.3) is 0 Å². The van der Waals surface area contributed by atoms with Gasteiger partial charge in [-0.15, -0.1) is 5.10 Å². The van der Waals surface area contributed by atoms with E-state index in [9.17, 15) is 4.79 Å². The first-order valence-electron chi connectivity index (χ1n) is 12.0. The van der Waals surface area contributed by atoms with Gasteiger partial charge in [0.1, 0.15) is 12.4 Å². The van der Waals surface area contributed by atoms with E-state index in [-0.39, 0.29) is 17.0 Å². The summed E-state index contributed by atoms with van der Waals surface area (Å²) in [6, 6.07) is 0. The topological polar surface area (TPSA) is 103 Å². The Hall–Kier alpha value is -1.14. The molecule has 3 fully saturated rings. The molecule has 7 atom stereocenters. The maximum absolute atomic E-state index is 13.1. The first-order chi connectivity index (χ1) is 13.8. The molecular formula is C23H41N5O. The number of nitrogens with one attached hydrogen (secondary N) is 1. The number of aryl methyl sites for hydroxylation is 1. The molecule has 0 radical (unpaired) electrons. The molecule has 6 heteroatoms. The van der Waals surface area contributed by atoms with Crippen molar-refractivity contribution in [2.45, 2.75) is 103 Å². The Bertz CT molecular complexity index is 713. The van der Waals surface area contributed by atoms with Gasteiger partial charge in [-0.3, -0.25) is 9.89 Å². The molecule has 1 heterocycles. The van der Waals surface area contributed by atoms with Crippen molar-refractivity contribution in [2.24, 2.45) is 41.1 Å². The molecule has 0 aliphatic heterocycles. The fourth-order valence-electron chi connectivity index (χ4n) is 7.87. The van der Waals surface area contributed by atoms with Crippen molar-refractivity contribution in [2.75, 3.05) is 0 Å². The third kappa shape index (κ3) is 3.40. The van der Waals surface area contributed by atoms with Gasteiger partial charge in [-0.2, -0.15) is 4.80 Å². The van der Waals surface area contributed by atoms with Gasteiger partial charge in [0.25, 0.3) is 0 Å². The van der Waals surface area contributed by atoms with Crippen molar-refractivity contribution >= 4 is 5.78 Å². The highest BCUT2D eigenvalue weighted by atomic mass is 16.1. The summed E-state index contributed by atoms with van der Waals surface area (Å²) >= 11 is 0. The van der Waals surface area contributed by atoms with Gasteiger partial charge in [-0.1, -0.05) is 33.1 Å². The average molecular weight is 404 g/mol. The van der Waals surface area contributed by atoms with Crippen LogP contribution in [0.15, 0.2) is 0 Å². The first-order valence-corrected chi connectivity index (χ1v) is 12.0. The van der Waals surface area contributed by atoms with E-state index in [0.717, 1.165) is 57.2 Å². The molecule has 7 unspecified atom stereocenters. The van der Waals surface area contributed by atoms with E-state index in [1.54, 1.807) is 4.80 Å². The molecule has 0 aromatic carbocycles. The lowest BCUT2D eigenvalue weighted by Gasteiger charge is -2.56. The van der Waals surface area contributed by atoms with Gasteiger partial charge in [-0.05, 0) is 75.5 Å². The van der Waals surface area contributed by atoms with Gasteiger partial charge >= 0.3 is 0 Å². The molecule has 4 rings (SSSR count). The standard InChI is InChI=1S/C23H41N5O/c1-4-12-22(24)16(5-2)7-6-13-23(25)19-10-8-18(17(19)9-11-21(22)23)20(29)14-28-26-15(3)27-28/h16-19,21H,4-14,24-25H2,1-3H3,(H,26,27). The quantitative estimate of drug-likeness (QED) is 0.676. The molecule has 0 saturated heterocycles. The highest BCUT2D eigenvalue weighted by molar-refractivity contribution is 5.81. The summed E-state index contributed by atoms with van der Waals surface area (Å²) in [4.78, 5) is 14.7. The van der Waals surface area contributed by atoms with Crippen LogP contribution in [0.4, 0.5) is 0 Å². The molecule has 5 N–H and O–H groups in total. The van der Waals surface area contributed by atoms with E-state index < -0.39 is 0 Å². The lowest BCUT2D eigenvalue weighted by Crippen LogP contribution is -2.67. The van der Waals surface area contributed by atoms with Crippen LogP contribution in [0.3, 0.4) is 0 Å². The third-order valence-corrected chi connectivity index (χ3v) is 8.98. The van der Waals surface area contributed by atoms with E-state index >= 15 is 0 Å². The van der Waals surface area contributed by atoms with Crippen LogP contribution in [-0.4, -0.2) is 31.9 Å². The Morgan fingerprint density at radius 2 is 1.97 bits per heavy atom. The van der Waals surface area contributed by atoms with Gasteiger partial charge in [0.15, 0.2) is 5.78 Å². The number of nitrogens with zero attached hydrogens (tertiary/aromatic N) is 2. The summed E-state index contributed by atoms with van der Waals surface area (Å²) in [7, 11) is 0. The number of hydrogen-bond donors (Lipinski definition) is 3. The van der Waals surface area contributed by atoms with Gasteiger partial charge in [0, 0.05) is 17.0 Å². The lowest BCUT2D eigenvalue weighted by atomic mass is 9.53. The number of Topliss-reactive ketones (excluding diaryl/α,β-unsaturated/α-hetero) is 1. The van der Waals surface area contributed by atoms with Crippen molar-refractivity contribution in [1.29, 1.82) is 0 Å². The minimum atomic E-state index is -0.199. The second-order valence-electron chi connectivity index (χ2n) is 10.4. The molecule has 0 amide bonds. The summed E-state index contributed by atoms with van der Waals surface area (Å²) in [5.74, 6) is 3.19. The van der Waals surface area contributed by atoms with Crippen molar-refractivity contribution in [3.8, 4) is 0 Å². The Morgan fingerprint density at radius 3 is 2.62 bits per heavy atom. The normalized spacial score (nSPS) is 42.3. The molecule has 0 spiro atoms. The predicted molar refractivity (Wildman–Crippen MR) is 115 cm³/mol. The fraction of sp³-hybridized carbons (Fsp3) is 0.913. The minimum Gasteiger partial charge on any atom is -0.325 e. The van der Waals surface area contributed by atoms with Gasteiger partial charge in [0.05, 0.1) is 0 Å². The zero-order chi connectivity index (χ0) is 20.8. The van der Waals surface area contributed by atoms with E-state index in [0.29, 0.717) is 36.0 Å². The fourth-order valence-corrected chi connectivity index (χ4v) is 7.87. The van der Waals surface area contributed by atoms with Gasteiger partial charge in [0.2, 0.25) is 0 Å². The van der Waals surface area contributed by atoms with Crippen LogP contribution in [0, 0.1) is 36.5 Å². The zero-order valence-corrected chi connectivity index (χ0v) is 18.6. The van der Waals surface area contributed by atoms with E-state index in [2.05, 4.69) is 24.0 Å². The van der Waals surface area contributed by atoms with Gasteiger partial charge < -0.3 is 11.5 Å². The largest absolute Gasteiger partial charge is 0.325 e. The molecule has 3 aliphatic carbocycles. The second kappa shape index (κ2) is 7.84. The minimum absolute atomic E-state index is 0.142. The van der Waals surface area contributed by atoms with Crippen molar-refractivity contribution in [3.05, 3.63) is 5.82 Å². The van der Waals surface area contributed by atoms with E-state index in [1.807, 2.05) is 6.92 Å². The molecule has 29 heavy (non-hydrogen) atoms. The number of aromatic nitrogens is 3. The van der Waals surface area contributed by atoms with Crippen LogP contribution < -0.4 is 11.5 Å². The highest BCUT2D eigenvalue weighted by Gasteiger charge is 2.60. The summed E-state index contributed by atoms with van der Waals surface area (Å²) in [6.07, 6.45) is 11.1. The number of hydrogen-bond acceptors (Lipinski definition) is 4. The SMILES string of the molecule is CCCC1(N)C(CC)CCCC2(N)C3CCC(C(=O)Cn4nc(C)[nH]4)C3CCC12. The van der Waals surface area contributed by atoms with Crippen LogP contribution in [-0.2, 0) is 11.3 Å². The molecule has 1 aromatic rings. The van der Waals surface area contributed by atoms with Crippen LogP contribution in [0.1, 0.15) is 83.9 Å². The molecule has 164 valence electrons. The number of carbonyl (C=O) groups is 1. The lowest BCUT2D eigenvalue weighted by molar-refractivity contribution is -0.126. The maximum atomic E-state index is 13.1. The number of aromatic amines is 1. The number of H-pyrrole nitrogens is 1. The number of ketones is 1. The Labute approximate surface area is 175 Å². The highest BCUT2D eigenvalue weighted by Crippen LogP contribution is 2.58. The molecule has 1 aromatic heterocycles. The number of nitrogens with two attached hydrogens (primary N) is 2. The second-order valence-corrected chi connectivity index (χ2v) is 10.4. The molecule has 6 nitrogen and oxygen atoms in total. The van der Waals surface area contributed by atoms with Crippen LogP contribution >= 0.6 is 0 Å². The third-order valence-electron chi connectivity index (χ3n) is 8.98. The molecular weight excluding hydrogens is 362 g/mol. The van der Waals surface area contributed by atoms with Gasteiger partial charge in [-0.25, -0.2) is 0 Å².